The third-order valence-electron chi connectivity index (χ3n) is 5.82. The number of anilines is 1. The van der Waals surface area contributed by atoms with Gasteiger partial charge in [0, 0.05) is 40.7 Å². The van der Waals surface area contributed by atoms with Crippen LogP contribution in [0.5, 0.6) is 5.75 Å². The molecule has 2 aromatic rings. The molecule has 4 rings (SSSR count). The zero-order valence-electron chi connectivity index (χ0n) is 17.6. The molecule has 0 aromatic heterocycles. The molecule has 0 saturated carbocycles. The summed E-state index contributed by atoms with van der Waals surface area (Å²) in [7, 11) is 0. The van der Waals surface area contributed by atoms with Crippen LogP contribution >= 0.6 is 11.6 Å². The maximum Gasteiger partial charge on any atom is 0.232 e. The highest BCUT2D eigenvalue weighted by Crippen LogP contribution is 2.48. The van der Waals surface area contributed by atoms with Crippen molar-refractivity contribution in [1.29, 1.82) is 0 Å². The topological polar surface area (TPSA) is 46.6 Å². The van der Waals surface area contributed by atoms with Crippen LogP contribution in [0.25, 0.3) is 0 Å². The second-order valence-corrected chi connectivity index (χ2v) is 9.20. The zero-order chi connectivity index (χ0) is 21.5. The predicted octanol–water partition coefficient (Wildman–Crippen LogP) is 5.90. The number of benzene rings is 2. The third kappa shape index (κ3) is 3.89. The molecule has 0 radical (unpaired) electrons. The average molecular weight is 424 g/mol. The summed E-state index contributed by atoms with van der Waals surface area (Å²) in [5.74, 6) is 0.693. The van der Waals surface area contributed by atoms with Crippen molar-refractivity contribution in [2.45, 2.75) is 46.0 Å². The molecular formula is C25H26ClNO3. The highest BCUT2D eigenvalue weighted by atomic mass is 35.5. The molecule has 1 heterocycles. The van der Waals surface area contributed by atoms with Crippen molar-refractivity contribution in [3.63, 3.8) is 0 Å². The highest BCUT2D eigenvalue weighted by molar-refractivity contribution is 6.30. The molecule has 0 fully saturated rings. The molecular weight excluding hydrogens is 398 g/mol. The fourth-order valence-electron chi connectivity index (χ4n) is 4.55. The fraction of sp³-hybridized carbons (Fsp3) is 0.360. The zero-order valence-corrected chi connectivity index (χ0v) is 18.3. The van der Waals surface area contributed by atoms with Gasteiger partial charge >= 0.3 is 0 Å². The van der Waals surface area contributed by atoms with E-state index in [1.165, 1.54) is 0 Å². The van der Waals surface area contributed by atoms with Crippen LogP contribution in [0.2, 0.25) is 5.02 Å². The van der Waals surface area contributed by atoms with Crippen LogP contribution in [0.15, 0.2) is 59.8 Å². The van der Waals surface area contributed by atoms with Gasteiger partial charge in [-0.2, -0.15) is 0 Å². The number of carbonyl (C=O) groups is 2. The number of ether oxygens (including phenoxy) is 1. The lowest BCUT2D eigenvalue weighted by Crippen LogP contribution is -2.43. The van der Waals surface area contributed by atoms with Crippen LogP contribution in [-0.4, -0.2) is 18.3 Å². The van der Waals surface area contributed by atoms with Gasteiger partial charge in [-0.05, 0) is 60.7 Å². The molecule has 2 aromatic carbocycles. The van der Waals surface area contributed by atoms with Crippen molar-refractivity contribution in [3.05, 3.63) is 70.4 Å². The second-order valence-electron chi connectivity index (χ2n) is 8.77. The first-order valence-electron chi connectivity index (χ1n) is 10.4. The van der Waals surface area contributed by atoms with Crippen molar-refractivity contribution in [2.24, 2.45) is 5.41 Å². The van der Waals surface area contributed by atoms with Gasteiger partial charge in [0.25, 0.3) is 0 Å². The predicted molar refractivity (Wildman–Crippen MR) is 119 cm³/mol. The number of amides is 1. The lowest BCUT2D eigenvalue weighted by atomic mass is 9.69. The Morgan fingerprint density at radius 2 is 1.70 bits per heavy atom. The maximum atomic E-state index is 13.3. The number of ketones is 1. The van der Waals surface area contributed by atoms with Crippen LogP contribution in [-0.2, 0) is 9.59 Å². The van der Waals surface area contributed by atoms with E-state index in [9.17, 15) is 9.59 Å². The van der Waals surface area contributed by atoms with E-state index in [1.54, 1.807) is 17.0 Å². The SMILES string of the molecule is CCOc1ccc(C2CC(=O)N(c3ccc(Cl)cc3)C3=C2C(=O)CC(C)(C)C3)cc1. The van der Waals surface area contributed by atoms with E-state index in [0.717, 1.165) is 28.3 Å². The minimum Gasteiger partial charge on any atom is -0.494 e. The van der Waals surface area contributed by atoms with E-state index in [4.69, 9.17) is 16.3 Å². The molecule has 0 N–H and O–H groups in total. The molecule has 0 spiro atoms. The Morgan fingerprint density at radius 3 is 2.33 bits per heavy atom. The highest BCUT2D eigenvalue weighted by Gasteiger charge is 2.44. The summed E-state index contributed by atoms with van der Waals surface area (Å²) >= 11 is 6.05. The van der Waals surface area contributed by atoms with Gasteiger partial charge < -0.3 is 4.74 Å². The lowest BCUT2D eigenvalue weighted by molar-refractivity contribution is -0.121. The monoisotopic (exact) mass is 423 g/mol. The number of allylic oxidation sites excluding steroid dienone is 2. The molecule has 5 heteroatoms. The van der Waals surface area contributed by atoms with Gasteiger partial charge in [0.1, 0.15) is 5.75 Å². The van der Waals surface area contributed by atoms with Gasteiger partial charge in [-0.3, -0.25) is 14.5 Å². The maximum absolute atomic E-state index is 13.3. The Balaban J connectivity index is 1.82. The summed E-state index contributed by atoms with van der Waals surface area (Å²) in [6.45, 7) is 6.71. The molecule has 1 amide bonds. The number of hydrogen-bond acceptors (Lipinski definition) is 3. The van der Waals surface area contributed by atoms with Gasteiger partial charge in [-0.1, -0.05) is 37.6 Å². The van der Waals surface area contributed by atoms with E-state index < -0.39 is 0 Å². The molecule has 1 aliphatic carbocycles. The summed E-state index contributed by atoms with van der Waals surface area (Å²) in [6.07, 6.45) is 1.43. The number of carbonyl (C=O) groups excluding carboxylic acids is 2. The largest absolute Gasteiger partial charge is 0.494 e. The van der Waals surface area contributed by atoms with Crippen LogP contribution < -0.4 is 9.64 Å². The van der Waals surface area contributed by atoms with Crippen LogP contribution in [0, 0.1) is 5.41 Å². The van der Waals surface area contributed by atoms with Crippen molar-refractivity contribution < 1.29 is 14.3 Å². The van der Waals surface area contributed by atoms with Crippen molar-refractivity contribution in [1.82, 2.24) is 0 Å². The van der Waals surface area contributed by atoms with E-state index in [-0.39, 0.29) is 29.4 Å². The summed E-state index contributed by atoms with van der Waals surface area (Å²) < 4.78 is 5.54. The van der Waals surface area contributed by atoms with E-state index in [0.29, 0.717) is 24.5 Å². The van der Waals surface area contributed by atoms with Gasteiger partial charge in [0.05, 0.1) is 6.61 Å². The first kappa shape index (κ1) is 20.7. The van der Waals surface area contributed by atoms with Gasteiger partial charge in [0.15, 0.2) is 5.78 Å². The smallest absolute Gasteiger partial charge is 0.232 e. The van der Waals surface area contributed by atoms with Crippen molar-refractivity contribution in [2.75, 3.05) is 11.5 Å². The Kier molecular flexibility index (Phi) is 5.46. The van der Waals surface area contributed by atoms with Crippen LogP contribution in [0.1, 0.15) is 51.5 Å². The minimum absolute atomic E-state index is 0.000423. The Hall–Kier alpha value is -2.59. The lowest BCUT2D eigenvalue weighted by Gasteiger charge is -2.43. The molecule has 156 valence electrons. The molecule has 2 aliphatic rings. The Bertz CT molecular complexity index is 1010. The van der Waals surface area contributed by atoms with Gasteiger partial charge in [0.2, 0.25) is 5.91 Å². The normalized spacial score (nSPS) is 20.9. The number of hydrogen-bond donors (Lipinski definition) is 0. The number of rotatable bonds is 4. The summed E-state index contributed by atoms with van der Waals surface area (Å²) in [6, 6.07) is 15.0. The molecule has 1 aliphatic heterocycles. The third-order valence-corrected chi connectivity index (χ3v) is 6.07. The first-order chi connectivity index (χ1) is 14.3. The summed E-state index contributed by atoms with van der Waals surface area (Å²) in [4.78, 5) is 28.4. The second kappa shape index (κ2) is 7.92. The molecule has 0 bridgehead atoms. The Morgan fingerprint density at radius 1 is 1.03 bits per heavy atom. The van der Waals surface area contributed by atoms with Crippen LogP contribution in [0.4, 0.5) is 5.69 Å². The molecule has 4 nitrogen and oxygen atoms in total. The summed E-state index contributed by atoms with van der Waals surface area (Å²) in [5, 5.41) is 0.615. The molecule has 1 unspecified atom stereocenters. The van der Waals surface area contributed by atoms with Crippen molar-refractivity contribution >= 4 is 29.0 Å². The average Bonchev–Trinajstić information content (AvgIpc) is 2.68. The summed E-state index contributed by atoms with van der Waals surface area (Å²) in [5.41, 5.74) is 3.14. The Labute approximate surface area is 182 Å². The standard InChI is InChI=1S/C25H26ClNO3/c1-4-30-19-11-5-16(6-12-19)20-13-23(29)27(18-9-7-17(26)8-10-18)21-14-25(2,3)15-22(28)24(20)21/h5-12,20H,4,13-15H2,1-3H3. The van der Waals surface area contributed by atoms with Gasteiger partial charge in [-0.15, -0.1) is 0 Å². The number of nitrogens with zero attached hydrogens (tertiary/aromatic N) is 1. The molecule has 30 heavy (non-hydrogen) atoms. The molecule has 0 saturated heterocycles. The number of Topliss-reactive ketones (excluding diaryl/α,β-unsaturated/α-hetero) is 1. The van der Waals surface area contributed by atoms with E-state index >= 15 is 0 Å². The van der Waals surface area contributed by atoms with Crippen LogP contribution in [0.3, 0.4) is 0 Å². The first-order valence-corrected chi connectivity index (χ1v) is 10.7. The van der Waals surface area contributed by atoms with Gasteiger partial charge in [-0.25, -0.2) is 0 Å². The minimum atomic E-state index is -0.227. The van der Waals surface area contributed by atoms with E-state index in [1.807, 2.05) is 43.3 Å². The quantitative estimate of drug-likeness (QED) is 0.614. The molecule has 1 atom stereocenters. The van der Waals surface area contributed by atoms with Crippen molar-refractivity contribution in [3.8, 4) is 5.75 Å². The fourth-order valence-corrected chi connectivity index (χ4v) is 4.68. The van der Waals surface area contributed by atoms with E-state index in [2.05, 4.69) is 13.8 Å². The number of halogens is 1.